The van der Waals surface area contributed by atoms with E-state index in [1.54, 1.807) is 18.3 Å². The Morgan fingerprint density at radius 2 is 2.15 bits per heavy atom. The highest BCUT2D eigenvalue weighted by molar-refractivity contribution is 7.25. The van der Waals surface area contributed by atoms with Gasteiger partial charge in [0.1, 0.15) is 22.0 Å². The van der Waals surface area contributed by atoms with Crippen molar-refractivity contribution in [1.82, 2.24) is 14.5 Å². The molecule has 0 saturated carbocycles. The lowest BCUT2D eigenvalue weighted by atomic mass is 10.1. The molecular formula is C18H17FN4O2S. The summed E-state index contributed by atoms with van der Waals surface area (Å²) >= 11 is 1.28. The van der Waals surface area contributed by atoms with Gasteiger partial charge in [-0.25, -0.2) is 14.4 Å². The number of fused-ring (bicyclic) bond motifs is 3. The third kappa shape index (κ3) is 2.48. The van der Waals surface area contributed by atoms with Gasteiger partial charge in [-0.05, 0) is 18.2 Å². The van der Waals surface area contributed by atoms with Crippen LogP contribution in [0.1, 0.15) is 6.42 Å². The van der Waals surface area contributed by atoms with Gasteiger partial charge >= 0.3 is 0 Å². The first-order chi connectivity index (χ1) is 12.5. The molecule has 0 bridgehead atoms. The van der Waals surface area contributed by atoms with Crippen molar-refractivity contribution in [2.75, 3.05) is 26.1 Å². The van der Waals surface area contributed by atoms with Crippen molar-refractivity contribution in [1.29, 1.82) is 0 Å². The van der Waals surface area contributed by atoms with Crippen LogP contribution in [0, 0.1) is 0 Å². The largest absolute Gasteiger partial charge is 0.501 e. The van der Waals surface area contributed by atoms with Crippen molar-refractivity contribution >= 4 is 43.2 Å². The Kier molecular flexibility index (Phi) is 3.99. The summed E-state index contributed by atoms with van der Waals surface area (Å²) in [5.41, 5.74) is 1.52. The molecule has 0 aliphatic heterocycles. The number of halogens is 1. The first-order valence-corrected chi connectivity index (χ1v) is 8.88. The number of anilines is 1. The average Bonchev–Trinajstić information content (AvgIpc) is 3.02. The summed E-state index contributed by atoms with van der Waals surface area (Å²) in [4.78, 5) is 24.5. The summed E-state index contributed by atoms with van der Waals surface area (Å²) in [5.74, 6) is 0.546. The molecule has 8 heteroatoms. The fourth-order valence-corrected chi connectivity index (χ4v) is 4.16. The Bertz CT molecular complexity index is 1130. The molecule has 1 aliphatic rings. The molecule has 1 atom stereocenters. The number of hydrogen-bond acceptors (Lipinski definition) is 6. The van der Waals surface area contributed by atoms with Crippen LogP contribution in [0.3, 0.4) is 0 Å². The zero-order valence-corrected chi connectivity index (χ0v) is 15.4. The minimum absolute atomic E-state index is 0.103. The van der Waals surface area contributed by atoms with Gasteiger partial charge in [0.05, 0.1) is 35.2 Å². The topological polar surface area (TPSA) is 60.2 Å². The van der Waals surface area contributed by atoms with Crippen LogP contribution in [0.5, 0.6) is 0 Å². The normalized spacial score (nSPS) is 17.3. The second kappa shape index (κ2) is 6.21. The van der Waals surface area contributed by atoms with Gasteiger partial charge in [-0.2, -0.15) is 0 Å². The van der Waals surface area contributed by atoms with Crippen LogP contribution in [-0.2, 0) is 4.74 Å². The zero-order chi connectivity index (χ0) is 18.4. The van der Waals surface area contributed by atoms with E-state index in [1.807, 2.05) is 25.1 Å². The molecule has 3 aromatic rings. The van der Waals surface area contributed by atoms with E-state index in [-0.39, 0.29) is 17.7 Å². The number of thiophene rings is 1. The van der Waals surface area contributed by atoms with Crippen LogP contribution < -0.4 is 10.5 Å². The van der Waals surface area contributed by atoms with E-state index in [2.05, 4.69) is 9.97 Å². The summed E-state index contributed by atoms with van der Waals surface area (Å²) in [6.45, 7) is 0. The zero-order valence-electron chi connectivity index (χ0n) is 14.6. The van der Waals surface area contributed by atoms with Crippen molar-refractivity contribution in [2.45, 2.75) is 12.6 Å². The first kappa shape index (κ1) is 16.7. The Labute approximate surface area is 152 Å². The Morgan fingerprint density at radius 3 is 2.85 bits per heavy atom. The summed E-state index contributed by atoms with van der Waals surface area (Å²) in [6, 6.07) is 1.89. The number of nitrogens with zero attached hydrogens (tertiary/aromatic N) is 4. The maximum Gasteiger partial charge on any atom is 0.275 e. The van der Waals surface area contributed by atoms with Crippen LogP contribution in [0.2, 0.25) is 0 Å². The van der Waals surface area contributed by atoms with Crippen LogP contribution in [0.25, 0.3) is 26.1 Å². The molecule has 1 unspecified atom stereocenters. The van der Waals surface area contributed by atoms with E-state index in [4.69, 9.17) is 4.74 Å². The van der Waals surface area contributed by atoms with Gasteiger partial charge in [0.15, 0.2) is 0 Å². The minimum atomic E-state index is -1.32. The first-order valence-electron chi connectivity index (χ1n) is 8.06. The van der Waals surface area contributed by atoms with Gasteiger partial charge in [0.25, 0.3) is 5.56 Å². The van der Waals surface area contributed by atoms with Crippen molar-refractivity contribution < 1.29 is 9.13 Å². The maximum atomic E-state index is 14.5. The lowest BCUT2D eigenvalue weighted by Crippen LogP contribution is -2.25. The van der Waals surface area contributed by atoms with Crippen LogP contribution in [0.4, 0.5) is 10.1 Å². The third-order valence-electron chi connectivity index (χ3n) is 4.42. The highest BCUT2D eigenvalue weighted by atomic mass is 32.1. The molecule has 3 heterocycles. The molecular weight excluding hydrogens is 355 g/mol. The van der Waals surface area contributed by atoms with E-state index in [0.717, 1.165) is 15.9 Å². The van der Waals surface area contributed by atoms with Crippen molar-refractivity contribution in [3.05, 3.63) is 46.9 Å². The number of rotatable bonds is 3. The SMILES string of the molecule is COC1=CC=C(n2cnc3c(sc4nccc(N(C)C)c43)c2=O)C(F)C1. The fourth-order valence-electron chi connectivity index (χ4n) is 3.11. The third-order valence-corrected chi connectivity index (χ3v) is 5.50. The molecule has 4 rings (SSSR count). The molecule has 0 N–H and O–H groups in total. The lowest BCUT2D eigenvalue weighted by molar-refractivity contribution is 0.248. The standard InChI is InChI=1S/C18H17FN4O2S/c1-22(2)13-6-7-20-17-14(13)15-16(26-17)18(24)23(9-21-15)12-5-4-10(25-3)8-11(12)19/h4-7,9,11H,8H2,1-3H3. The number of alkyl halides is 1. The predicted octanol–water partition coefficient (Wildman–Crippen LogP) is 3.19. The summed E-state index contributed by atoms with van der Waals surface area (Å²) < 4.78 is 21.4. The molecule has 0 saturated heterocycles. The predicted molar refractivity (Wildman–Crippen MR) is 102 cm³/mol. The fraction of sp³-hybridized carbons (Fsp3) is 0.278. The Morgan fingerprint density at radius 1 is 1.35 bits per heavy atom. The van der Waals surface area contributed by atoms with Crippen LogP contribution in [0.15, 0.2) is 41.3 Å². The minimum Gasteiger partial charge on any atom is -0.501 e. The van der Waals surface area contributed by atoms with Crippen molar-refractivity contribution in [2.24, 2.45) is 0 Å². The number of ether oxygens (including phenoxy) is 1. The molecule has 6 nitrogen and oxygen atoms in total. The van der Waals surface area contributed by atoms with Crippen molar-refractivity contribution in [3.8, 4) is 0 Å². The number of allylic oxidation sites excluding steroid dienone is 4. The molecule has 3 aromatic heterocycles. The number of methoxy groups -OCH3 is 1. The van der Waals surface area contributed by atoms with Gasteiger partial charge in [-0.3, -0.25) is 9.36 Å². The molecule has 0 radical (unpaired) electrons. The second-order valence-corrected chi connectivity index (χ2v) is 7.20. The van der Waals surface area contributed by atoms with Crippen molar-refractivity contribution in [3.63, 3.8) is 0 Å². The number of aromatic nitrogens is 3. The van der Waals surface area contributed by atoms with Crippen LogP contribution in [-0.4, -0.2) is 41.9 Å². The monoisotopic (exact) mass is 372 g/mol. The second-order valence-electron chi connectivity index (χ2n) is 6.20. The van der Waals surface area contributed by atoms with Gasteiger partial charge in [0.2, 0.25) is 0 Å². The van der Waals surface area contributed by atoms with Crippen LogP contribution >= 0.6 is 11.3 Å². The molecule has 0 amide bonds. The van der Waals surface area contributed by atoms with E-state index >= 15 is 0 Å². The van der Waals surface area contributed by atoms with E-state index in [9.17, 15) is 9.18 Å². The molecule has 26 heavy (non-hydrogen) atoms. The summed E-state index contributed by atoms with van der Waals surface area (Å²) in [5, 5.41) is 0.845. The molecule has 1 aliphatic carbocycles. The number of hydrogen-bond donors (Lipinski definition) is 0. The van der Waals surface area contributed by atoms with Gasteiger partial charge in [-0.1, -0.05) is 0 Å². The van der Waals surface area contributed by atoms with Gasteiger partial charge in [0, 0.05) is 26.7 Å². The van der Waals surface area contributed by atoms with Gasteiger partial charge < -0.3 is 9.64 Å². The Balaban J connectivity index is 1.96. The highest BCUT2D eigenvalue weighted by Gasteiger charge is 2.24. The van der Waals surface area contributed by atoms with E-state index < -0.39 is 6.17 Å². The summed E-state index contributed by atoms with van der Waals surface area (Å²) in [7, 11) is 5.36. The van der Waals surface area contributed by atoms with E-state index in [1.165, 1.54) is 29.3 Å². The van der Waals surface area contributed by atoms with E-state index in [0.29, 0.717) is 16.0 Å². The molecule has 0 spiro atoms. The Hall–Kier alpha value is -2.74. The molecule has 0 fully saturated rings. The molecule has 134 valence electrons. The maximum absolute atomic E-state index is 14.5. The van der Waals surface area contributed by atoms with Gasteiger partial charge in [-0.15, -0.1) is 11.3 Å². The smallest absolute Gasteiger partial charge is 0.275 e. The highest BCUT2D eigenvalue weighted by Crippen LogP contribution is 2.35. The average molecular weight is 372 g/mol. The summed E-state index contributed by atoms with van der Waals surface area (Å²) in [6.07, 6.45) is 5.14. The quantitative estimate of drug-likeness (QED) is 0.707. The number of pyridine rings is 1. The molecule has 0 aromatic carbocycles. The lowest BCUT2D eigenvalue weighted by Gasteiger charge is -2.19.